The molecule has 6 heteroatoms. The predicted octanol–water partition coefficient (Wildman–Crippen LogP) is 2.16. The zero-order valence-electron chi connectivity index (χ0n) is 11.0. The van der Waals surface area contributed by atoms with Crippen molar-refractivity contribution in [1.29, 1.82) is 0 Å². The zero-order valence-corrected chi connectivity index (χ0v) is 12.6. The van der Waals surface area contributed by atoms with Crippen LogP contribution in [0, 0.1) is 0 Å². The van der Waals surface area contributed by atoms with Crippen LogP contribution in [-0.4, -0.2) is 27.5 Å². The molecule has 0 aliphatic heterocycles. The lowest BCUT2D eigenvalue weighted by atomic mass is 10.2. The molecule has 0 saturated carbocycles. The lowest BCUT2D eigenvalue weighted by molar-refractivity contribution is 0.282. The Labute approximate surface area is 115 Å². The van der Waals surface area contributed by atoms with E-state index < -0.39 is 0 Å². The van der Waals surface area contributed by atoms with Crippen LogP contribution in [-0.2, 0) is 0 Å². The quantitative estimate of drug-likeness (QED) is 0.843. The van der Waals surface area contributed by atoms with Gasteiger partial charge < -0.3 is 10.4 Å². The second kappa shape index (κ2) is 6.89. The molecule has 0 radical (unpaired) electrons. The van der Waals surface area contributed by atoms with Gasteiger partial charge >= 0.3 is 0 Å². The highest BCUT2D eigenvalue weighted by Crippen LogP contribution is 2.19. The SMILES string of the molecule is CC(CCCO)Nc1cnn(C(C)C)c(=O)c1Br. The lowest BCUT2D eigenvalue weighted by Crippen LogP contribution is -2.27. The second-order valence-electron chi connectivity index (χ2n) is 4.63. The van der Waals surface area contributed by atoms with Gasteiger partial charge in [-0.25, -0.2) is 4.68 Å². The summed E-state index contributed by atoms with van der Waals surface area (Å²) in [4.78, 5) is 12.0. The smallest absolute Gasteiger partial charge is 0.283 e. The molecule has 18 heavy (non-hydrogen) atoms. The molecule has 1 aromatic rings. The summed E-state index contributed by atoms with van der Waals surface area (Å²) in [6.45, 7) is 6.02. The summed E-state index contributed by atoms with van der Waals surface area (Å²) in [7, 11) is 0. The van der Waals surface area contributed by atoms with Crippen molar-refractivity contribution in [2.45, 2.75) is 45.7 Å². The molecule has 1 aromatic heterocycles. The van der Waals surface area contributed by atoms with Gasteiger partial charge in [-0.1, -0.05) is 0 Å². The maximum atomic E-state index is 12.0. The van der Waals surface area contributed by atoms with E-state index in [1.807, 2.05) is 20.8 Å². The molecular weight excluding hydrogens is 298 g/mol. The largest absolute Gasteiger partial charge is 0.396 e. The van der Waals surface area contributed by atoms with Gasteiger partial charge in [-0.3, -0.25) is 4.79 Å². The minimum Gasteiger partial charge on any atom is -0.396 e. The van der Waals surface area contributed by atoms with Gasteiger partial charge in [0.25, 0.3) is 5.56 Å². The molecule has 0 spiro atoms. The second-order valence-corrected chi connectivity index (χ2v) is 5.42. The van der Waals surface area contributed by atoms with E-state index >= 15 is 0 Å². The lowest BCUT2D eigenvalue weighted by Gasteiger charge is -2.17. The number of hydrogen-bond acceptors (Lipinski definition) is 4. The number of aliphatic hydroxyl groups excluding tert-OH is 1. The van der Waals surface area contributed by atoms with Gasteiger partial charge in [0.15, 0.2) is 0 Å². The highest BCUT2D eigenvalue weighted by Gasteiger charge is 2.12. The molecule has 0 bridgehead atoms. The molecular formula is C12H20BrN3O2. The molecule has 0 fully saturated rings. The van der Waals surface area contributed by atoms with Gasteiger partial charge in [0.1, 0.15) is 4.47 Å². The van der Waals surface area contributed by atoms with Gasteiger partial charge in [-0.2, -0.15) is 5.10 Å². The normalized spacial score (nSPS) is 12.8. The zero-order chi connectivity index (χ0) is 13.7. The Morgan fingerprint density at radius 3 is 2.72 bits per heavy atom. The Morgan fingerprint density at radius 2 is 2.17 bits per heavy atom. The van der Waals surface area contributed by atoms with Crippen LogP contribution in [0.2, 0.25) is 0 Å². The third-order valence-corrected chi connectivity index (χ3v) is 3.40. The van der Waals surface area contributed by atoms with E-state index in [1.54, 1.807) is 6.20 Å². The Kier molecular flexibility index (Phi) is 5.81. The minimum absolute atomic E-state index is 0.0367. The first-order valence-electron chi connectivity index (χ1n) is 6.12. The van der Waals surface area contributed by atoms with Crippen molar-refractivity contribution in [3.8, 4) is 0 Å². The summed E-state index contributed by atoms with van der Waals surface area (Å²) < 4.78 is 1.94. The van der Waals surface area contributed by atoms with Crippen molar-refractivity contribution in [1.82, 2.24) is 9.78 Å². The predicted molar refractivity (Wildman–Crippen MR) is 76.0 cm³/mol. The van der Waals surface area contributed by atoms with Gasteiger partial charge in [0, 0.05) is 12.6 Å². The highest BCUT2D eigenvalue weighted by atomic mass is 79.9. The molecule has 0 aliphatic carbocycles. The number of rotatable bonds is 6. The summed E-state index contributed by atoms with van der Waals surface area (Å²) in [5.41, 5.74) is 0.562. The summed E-state index contributed by atoms with van der Waals surface area (Å²) in [5, 5.41) is 16.1. The fourth-order valence-electron chi connectivity index (χ4n) is 1.65. The first-order chi connectivity index (χ1) is 8.47. The van der Waals surface area contributed by atoms with Crippen molar-refractivity contribution in [3.05, 3.63) is 21.0 Å². The van der Waals surface area contributed by atoms with Crippen molar-refractivity contribution >= 4 is 21.6 Å². The summed E-state index contributed by atoms with van der Waals surface area (Å²) in [6.07, 6.45) is 3.24. The van der Waals surface area contributed by atoms with Crippen molar-refractivity contribution in [2.75, 3.05) is 11.9 Å². The van der Waals surface area contributed by atoms with Gasteiger partial charge in [-0.05, 0) is 49.5 Å². The monoisotopic (exact) mass is 317 g/mol. The maximum absolute atomic E-state index is 12.0. The molecule has 1 heterocycles. The molecule has 1 rings (SSSR count). The highest BCUT2D eigenvalue weighted by molar-refractivity contribution is 9.10. The molecule has 2 N–H and O–H groups in total. The van der Waals surface area contributed by atoms with Crippen molar-refractivity contribution in [3.63, 3.8) is 0 Å². The number of aromatic nitrogens is 2. The van der Waals surface area contributed by atoms with Crippen molar-refractivity contribution < 1.29 is 5.11 Å². The third kappa shape index (κ3) is 3.81. The summed E-state index contributed by atoms with van der Waals surface area (Å²) in [5.74, 6) is 0. The number of nitrogens with one attached hydrogen (secondary N) is 1. The Bertz CT molecular complexity index is 445. The number of nitrogens with zero attached hydrogens (tertiary/aromatic N) is 2. The van der Waals surface area contributed by atoms with Crippen molar-refractivity contribution in [2.24, 2.45) is 0 Å². The van der Waals surface area contributed by atoms with E-state index in [-0.39, 0.29) is 24.2 Å². The van der Waals surface area contributed by atoms with Crippen LogP contribution in [0.4, 0.5) is 5.69 Å². The summed E-state index contributed by atoms with van der Waals surface area (Å²) >= 11 is 3.31. The fraction of sp³-hybridized carbons (Fsp3) is 0.667. The van der Waals surface area contributed by atoms with Crippen LogP contribution < -0.4 is 10.9 Å². The molecule has 0 aromatic carbocycles. The standard InChI is InChI=1S/C12H20BrN3O2/c1-8(2)16-12(18)11(13)10(7-14-16)15-9(3)5-4-6-17/h7-9,15,17H,4-6H2,1-3H3. The van der Waals surface area contributed by atoms with Crippen LogP contribution in [0.15, 0.2) is 15.5 Å². The summed E-state index contributed by atoms with van der Waals surface area (Å²) in [6, 6.07) is 0.221. The first-order valence-corrected chi connectivity index (χ1v) is 6.91. The molecule has 5 nitrogen and oxygen atoms in total. The van der Waals surface area contributed by atoms with E-state index in [0.717, 1.165) is 12.8 Å². The van der Waals surface area contributed by atoms with E-state index in [4.69, 9.17) is 5.11 Å². The van der Waals surface area contributed by atoms with Gasteiger partial charge in [0.2, 0.25) is 0 Å². The average molecular weight is 318 g/mol. The Balaban J connectivity index is 2.86. The fourth-order valence-corrected chi connectivity index (χ4v) is 2.05. The topological polar surface area (TPSA) is 67.2 Å². The van der Waals surface area contributed by atoms with Crippen LogP contribution in [0.3, 0.4) is 0 Å². The van der Waals surface area contributed by atoms with Crippen LogP contribution >= 0.6 is 15.9 Å². The van der Waals surface area contributed by atoms with Gasteiger partial charge in [0.05, 0.1) is 17.9 Å². The third-order valence-electron chi connectivity index (χ3n) is 2.63. The maximum Gasteiger partial charge on any atom is 0.283 e. The van der Waals surface area contributed by atoms with E-state index in [9.17, 15) is 4.79 Å². The Hall–Kier alpha value is -0.880. The van der Waals surface area contributed by atoms with E-state index in [0.29, 0.717) is 10.2 Å². The Morgan fingerprint density at radius 1 is 1.50 bits per heavy atom. The molecule has 0 amide bonds. The average Bonchev–Trinajstić information content (AvgIpc) is 2.32. The molecule has 102 valence electrons. The van der Waals surface area contributed by atoms with Crippen LogP contribution in [0.1, 0.15) is 39.7 Å². The minimum atomic E-state index is -0.135. The number of aliphatic hydroxyl groups is 1. The van der Waals surface area contributed by atoms with Crippen LogP contribution in [0.5, 0.6) is 0 Å². The van der Waals surface area contributed by atoms with E-state index in [1.165, 1.54) is 4.68 Å². The molecule has 0 aliphatic rings. The molecule has 1 unspecified atom stereocenters. The van der Waals surface area contributed by atoms with E-state index in [2.05, 4.69) is 26.3 Å². The molecule has 1 atom stereocenters. The number of anilines is 1. The van der Waals surface area contributed by atoms with Gasteiger partial charge in [-0.15, -0.1) is 0 Å². The number of halogens is 1. The molecule has 0 saturated heterocycles. The van der Waals surface area contributed by atoms with Crippen LogP contribution in [0.25, 0.3) is 0 Å². The first kappa shape index (κ1) is 15.2. The number of hydrogen-bond donors (Lipinski definition) is 2.